The molecule has 0 fully saturated rings. The number of amides is 1. The van der Waals surface area contributed by atoms with Crippen molar-refractivity contribution in [3.05, 3.63) is 41.6 Å². The van der Waals surface area contributed by atoms with Crippen LogP contribution in [0.3, 0.4) is 0 Å². The molecular weight excluding hydrogens is 242 g/mol. The number of rotatable bonds is 3. The first-order chi connectivity index (χ1) is 8.78. The van der Waals surface area contributed by atoms with Gasteiger partial charge < -0.3 is 9.84 Å². The Hall–Kier alpha value is -1.81. The predicted octanol–water partition coefficient (Wildman–Crippen LogP) is 2.93. The van der Waals surface area contributed by atoms with E-state index in [0.29, 0.717) is 5.70 Å². The first kappa shape index (κ1) is 15.2. The molecule has 0 saturated carbocycles. The van der Waals surface area contributed by atoms with Gasteiger partial charge in [-0.2, -0.15) is 0 Å². The summed E-state index contributed by atoms with van der Waals surface area (Å²) in [6.45, 7) is 6.95. The number of carbonyl (C=O) groups excluding carboxylic acids is 1. The lowest BCUT2D eigenvalue weighted by molar-refractivity contribution is 0.0530. The third-order valence-corrected chi connectivity index (χ3v) is 2.22. The number of aliphatic hydroxyl groups excluding tert-OH is 1. The van der Waals surface area contributed by atoms with Crippen LogP contribution in [0, 0.1) is 0 Å². The van der Waals surface area contributed by atoms with Crippen LogP contribution in [-0.4, -0.2) is 22.9 Å². The van der Waals surface area contributed by atoms with Gasteiger partial charge in [-0.05, 0) is 39.3 Å². The molecule has 19 heavy (non-hydrogen) atoms. The van der Waals surface area contributed by atoms with Gasteiger partial charge in [0, 0.05) is 0 Å². The van der Waals surface area contributed by atoms with E-state index in [1.165, 1.54) is 0 Å². The van der Waals surface area contributed by atoms with Crippen molar-refractivity contribution in [3.63, 3.8) is 0 Å². The van der Waals surface area contributed by atoms with Gasteiger partial charge in [0.1, 0.15) is 5.60 Å². The lowest BCUT2D eigenvalue weighted by Gasteiger charge is -2.21. The molecule has 1 rings (SSSR count). The molecule has 0 bridgehead atoms. The van der Waals surface area contributed by atoms with Gasteiger partial charge in [0.2, 0.25) is 0 Å². The SMILES string of the molecule is C[C@@H](O)C(=Cc1ccccc1)NC(=O)OC(C)(C)C. The summed E-state index contributed by atoms with van der Waals surface area (Å²) in [7, 11) is 0. The maximum Gasteiger partial charge on any atom is 0.411 e. The highest BCUT2D eigenvalue weighted by Gasteiger charge is 2.18. The van der Waals surface area contributed by atoms with E-state index in [-0.39, 0.29) is 0 Å². The Bertz CT molecular complexity index is 444. The van der Waals surface area contributed by atoms with Gasteiger partial charge in [0.15, 0.2) is 0 Å². The molecular formula is C15H21NO3. The fourth-order valence-electron chi connectivity index (χ4n) is 1.41. The normalized spacial score (nSPS) is 13.8. The lowest BCUT2D eigenvalue weighted by Crippen LogP contribution is -2.34. The number of benzene rings is 1. The standard InChI is InChI=1S/C15H21NO3/c1-11(17)13(10-12-8-6-5-7-9-12)16-14(18)19-15(2,3)4/h5-11,17H,1-4H3,(H,16,18)/t11-/m1/s1. The number of hydrogen-bond acceptors (Lipinski definition) is 3. The largest absolute Gasteiger partial charge is 0.444 e. The number of alkyl carbamates (subject to hydrolysis) is 1. The highest BCUT2D eigenvalue weighted by Crippen LogP contribution is 2.11. The van der Waals surface area contributed by atoms with Crippen LogP contribution in [0.1, 0.15) is 33.3 Å². The van der Waals surface area contributed by atoms with E-state index in [1.54, 1.807) is 33.8 Å². The second-order valence-electron chi connectivity index (χ2n) is 5.31. The molecule has 0 aliphatic heterocycles. The summed E-state index contributed by atoms with van der Waals surface area (Å²) < 4.78 is 5.15. The Balaban J connectivity index is 2.80. The molecule has 0 saturated heterocycles. The third kappa shape index (κ3) is 6.06. The van der Waals surface area contributed by atoms with Crippen LogP contribution in [-0.2, 0) is 4.74 Å². The molecule has 1 atom stereocenters. The van der Waals surface area contributed by atoms with E-state index in [0.717, 1.165) is 5.56 Å². The molecule has 0 heterocycles. The Kier molecular flexibility index (Phi) is 5.12. The second-order valence-corrected chi connectivity index (χ2v) is 5.31. The maximum atomic E-state index is 11.7. The van der Waals surface area contributed by atoms with Crippen LogP contribution in [0.4, 0.5) is 4.79 Å². The summed E-state index contributed by atoms with van der Waals surface area (Å²) in [5.41, 5.74) is 0.732. The minimum atomic E-state index is -0.785. The average Bonchev–Trinajstić information content (AvgIpc) is 2.26. The second kappa shape index (κ2) is 6.38. The van der Waals surface area contributed by atoms with E-state index >= 15 is 0 Å². The molecule has 1 aromatic carbocycles. The number of ether oxygens (including phenoxy) is 1. The lowest BCUT2D eigenvalue weighted by atomic mass is 10.1. The Morgan fingerprint density at radius 2 is 1.89 bits per heavy atom. The zero-order valence-corrected chi connectivity index (χ0v) is 11.8. The number of aliphatic hydroxyl groups is 1. The summed E-state index contributed by atoms with van der Waals surface area (Å²) in [6.07, 6.45) is 0.359. The minimum absolute atomic E-state index is 0.403. The Morgan fingerprint density at radius 3 is 2.37 bits per heavy atom. The predicted molar refractivity (Wildman–Crippen MR) is 75.5 cm³/mol. The van der Waals surface area contributed by atoms with Crippen molar-refractivity contribution in [2.45, 2.75) is 39.4 Å². The molecule has 2 N–H and O–H groups in total. The first-order valence-electron chi connectivity index (χ1n) is 6.22. The van der Waals surface area contributed by atoms with Crippen LogP contribution >= 0.6 is 0 Å². The van der Waals surface area contributed by atoms with Crippen molar-refractivity contribution in [2.24, 2.45) is 0 Å². The summed E-state index contributed by atoms with van der Waals surface area (Å²) in [5.74, 6) is 0. The van der Waals surface area contributed by atoms with Crippen molar-refractivity contribution >= 4 is 12.2 Å². The number of nitrogens with one attached hydrogen (secondary N) is 1. The fourth-order valence-corrected chi connectivity index (χ4v) is 1.41. The monoisotopic (exact) mass is 263 g/mol. The van der Waals surface area contributed by atoms with Gasteiger partial charge in [0.25, 0.3) is 0 Å². The molecule has 0 aliphatic rings. The molecule has 4 nitrogen and oxygen atoms in total. The average molecular weight is 263 g/mol. The summed E-state index contributed by atoms with van der Waals surface area (Å²) in [4.78, 5) is 11.7. The zero-order chi connectivity index (χ0) is 14.5. The van der Waals surface area contributed by atoms with Gasteiger partial charge in [-0.3, -0.25) is 5.32 Å². The minimum Gasteiger partial charge on any atom is -0.444 e. The molecule has 1 aromatic rings. The van der Waals surface area contributed by atoms with E-state index in [2.05, 4.69) is 5.32 Å². The van der Waals surface area contributed by atoms with E-state index in [1.807, 2.05) is 30.3 Å². The van der Waals surface area contributed by atoms with Gasteiger partial charge in [-0.15, -0.1) is 0 Å². The van der Waals surface area contributed by atoms with Crippen LogP contribution in [0.2, 0.25) is 0 Å². The fraction of sp³-hybridized carbons (Fsp3) is 0.400. The summed E-state index contributed by atoms with van der Waals surface area (Å²) >= 11 is 0. The number of hydrogen-bond donors (Lipinski definition) is 2. The summed E-state index contributed by atoms with van der Waals surface area (Å²) in [5, 5.41) is 12.3. The topological polar surface area (TPSA) is 58.6 Å². The summed E-state index contributed by atoms with van der Waals surface area (Å²) in [6, 6.07) is 9.46. The van der Waals surface area contributed by atoms with Crippen molar-refractivity contribution < 1.29 is 14.6 Å². The van der Waals surface area contributed by atoms with Crippen LogP contribution in [0.15, 0.2) is 36.0 Å². The van der Waals surface area contributed by atoms with Crippen LogP contribution in [0.25, 0.3) is 6.08 Å². The maximum absolute atomic E-state index is 11.7. The van der Waals surface area contributed by atoms with E-state index in [9.17, 15) is 9.90 Å². The van der Waals surface area contributed by atoms with E-state index in [4.69, 9.17) is 4.74 Å². The van der Waals surface area contributed by atoms with Gasteiger partial charge >= 0.3 is 6.09 Å². The molecule has 0 radical (unpaired) electrons. The van der Waals surface area contributed by atoms with Crippen LogP contribution < -0.4 is 5.32 Å². The highest BCUT2D eigenvalue weighted by molar-refractivity contribution is 5.72. The molecule has 0 spiro atoms. The quantitative estimate of drug-likeness (QED) is 0.881. The van der Waals surface area contributed by atoms with Crippen molar-refractivity contribution in [1.82, 2.24) is 5.32 Å². The van der Waals surface area contributed by atoms with Gasteiger partial charge in [0.05, 0.1) is 11.8 Å². The molecule has 0 unspecified atom stereocenters. The molecule has 4 heteroatoms. The molecule has 0 aliphatic carbocycles. The Labute approximate surface area is 114 Å². The highest BCUT2D eigenvalue weighted by atomic mass is 16.6. The zero-order valence-electron chi connectivity index (χ0n) is 11.8. The molecule has 0 aromatic heterocycles. The van der Waals surface area contributed by atoms with Gasteiger partial charge in [-0.1, -0.05) is 30.3 Å². The third-order valence-electron chi connectivity index (χ3n) is 2.22. The molecule has 1 amide bonds. The van der Waals surface area contributed by atoms with Crippen molar-refractivity contribution in [2.75, 3.05) is 0 Å². The smallest absolute Gasteiger partial charge is 0.411 e. The van der Waals surface area contributed by atoms with Crippen LogP contribution in [0.5, 0.6) is 0 Å². The Morgan fingerprint density at radius 1 is 1.32 bits per heavy atom. The van der Waals surface area contributed by atoms with Crippen molar-refractivity contribution in [1.29, 1.82) is 0 Å². The van der Waals surface area contributed by atoms with Crippen molar-refractivity contribution in [3.8, 4) is 0 Å². The first-order valence-corrected chi connectivity index (χ1v) is 6.22. The van der Waals surface area contributed by atoms with Gasteiger partial charge in [-0.25, -0.2) is 4.79 Å². The molecule has 104 valence electrons. The van der Waals surface area contributed by atoms with E-state index < -0.39 is 17.8 Å². The number of carbonyl (C=O) groups is 1.